The number of fused-ring (bicyclic) bond motifs is 1. The lowest BCUT2D eigenvalue weighted by atomic mass is 9.92. The predicted octanol–water partition coefficient (Wildman–Crippen LogP) is 2.92. The summed E-state index contributed by atoms with van der Waals surface area (Å²) in [4.78, 5) is 52.4. The number of hydrogen-bond acceptors (Lipinski definition) is 10. The Hall–Kier alpha value is -4.07. The first-order chi connectivity index (χ1) is 21.6. The van der Waals surface area contributed by atoms with Gasteiger partial charge in [0.25, 0.3) is 5.91 Å². The van der Waals surface area contributed by atoms with Crippen LogP contribution in [0, 0.1) is 11.7 Å². The lowest BCUT2D eigenvalue weighted by Gasteiger charge is -2.32. The predicted molar refractivity (Wildman–Crippen MR) is 169 cm³/mol. The number of esters is 1. The summed E-state index contributed by atoms with van der Waals surface area (Å²) in [6.07, 6.45) is 3.81. The maximum Gasteiger partial charge on any atom is 0.315 e. The van der Waals surface area contributed by atoms with E-state index in [1.165, 1.54) is 24.5 Å². The number of ether oxygens (including phenoxy) is 1. The van der Waals surface area contributed by atoms with Gasteiger partial charge in [-0.05, 0) is 63.7 Å². The van der Waals surface area contributed by atoms with Gasteiger partial charge >= 0.3 is 5.97 Å². The molecule has 1 aromatic carbocycles. The van der Waals surface area contributed by atoms with E-state index in [1.54, 1.807) is 19.9 Å². The Bertz CT molecular complexity index is 1520. The highest BCUT2D eigenvalue weighted by atomic mass is 35.5. The van der Waals surface area contributed by atoms with Crippen LogP contribution >= 0.6 is 11.6 Å². The van der Waals surface area contributed by atoms with Crippen molar-refractivity contribution in [3.8, 4) is 0 Å². The first-order valence-electron chi connectivity index (χ1n) is 15.1. The lowest BCUT2D eigenvalue weighted by molar-refractivity contribution is -0.147. The molecular weight excluding hydrogens is 603 g/mol. The number of piperazine rings is 1. The van der Waals surface area contributed by atoms with Crippen LogP contribution in [0.3, 0.4) is 0 Å². The van der Waals surface area contributed by atoms with E-state index in [1.807, 2.05) is 0 Å². The second-order valence-electron chi connectivity index (χ2n) is 11.3. The molecule has 4 N–H and O–H groups in total. The van der Waals surface area contributed by atoms with Crippen LogP contribution in [-0.4, -0.2) is 96.5 Å². The van der Waals surface area contributed by atoms with E-state index in [-0.39, 0.29) is 29.5 Å². The fourth-order valence-electron chi connectivity index (χ4n) is 5.75. The molecule has 0 aliphatic carbocycles. The van der Waals surface area contributed by atoms with Gasteiger partial charge in [-0.1, -0.05) is 11.6 Å². The summed E-state index contributed by atoms with van der Waals surface area (Å²) in [5.74, 6) is -1.72. The summed E-state index contributed by atoms with van der Waals surface area (Å²) in [7, 11) is 2.12. The molecule has 0 radical (unpaired) electrons. The van der Waals surface area contributed by atoms with Crippen LogP contribution in [0.5, 0.6) is 0 Å². The summed E-state index contributed by atoms with van der Waals surface area (Å²) in [5.41, 5.74) is 2.29. The number of halogens is 2. The average Bonchev–Trinajstić information content (AvgIpc) is 3.49. The van der Waals surface area contributed by atoms with Gasteiger partial charge in [-0.2, -0.15) is 0 Å². The third-order valence-corrected chi connectivity index (χ3v) is 8.50. The fraction of sp³-hybridized carbons (Fsp3) is 0.452. The highest BCUT2D eigenvalue weighted by Crippen LogP contribution is 2.38. The normalized spacial score (nSPS) is 21.0. The minimum absolute atomic E-state index is 0.0476. The molecule has 45 heavy (non-hydrogen) atoms. The molecule has 2 atom stereocenters. The van der Waals surface area contributed by atoms with E-state index >= 15 is 0 Å². The van der Waals surface area contributed by atoms with E-state index in [0.29, 0.717) is 40.7 Å². The second-order valence-corrected chi connectivity index (χ2v) is 11.7. The van der Waals surface area contributed by atoms with Crippen molar-refractivity contribution in [2.75, 3.05) is 63.6 Å². The highest BCUT2D eigenvalue weighted by molar-refractivity contribution is 6.33. The average molecular weight is 641 g/mol. The number of benzene rings is 1. The van der Waals surface area contributed by atoms with Crippen molar-refractivity contribution in [2.45, 2.75) is 32.7 Å². The molecule has 5 rings (SSSR count). The number of hydrogen-bond donors (Lipinski definition) is 4. The number of rotatable bonds is 11. The minimum Gasteiger partial charge on any atom is -0.465 e. The van der Waals surface area contributed by atoms with Crippen molar-refractivity contribution in [3.63, 3.8) is 0 Å². The Morgan fingerprint density at radius 1 is 1.22 bits per heavy atom. The van der Waals surface area contributed by atoms with Gasteiger partial charge < -0.3 is 35.8 Å². The van der Waals surface area contributed by atoms with Crippen molar-refractivity contribution >= 4 is 52.3 Å². The number of likely N-dealkylation sites (N-methyl/N-ethyl adjacent to an activating group) is 1. The van der Waals surface area contributed by atoms with Gasteiger partial charge in [0, 0.05) is 50.5 Å². The number of amides is 2. The molecule has 240 valence electrons. The third kappa shape index (κ3) is 7.60. The van der Waals surface area contributed by atoms with Gasteiger partial charge in [0.05, 0.1) is 28.8 Å². The molecule has 12 nitrogen and oxygen atoms in total. The monoisotopic (exact) mass is 640 g/mol. The van der Waals surface area contributed by atoms with E-state index in [0.717, 1.165) is 39.1 Å². The van der Waals surface area contributed by atoms with Crippen LogP contribution in [0.1, 0.15) is 32.3 Å². The fourth-order valence-corrected chi connectivity index (χ4v) is 5.93. The van der Waals surface area contributed by atoms with Gasteiger partial charge in [-0.25, -0.2) is 14.4 Å². The van der Waals surface area contributed by atoms with Crippen LogP contribution in [0.4, 0.5) is 21.7 Å². The third-order valence-electron chi connectivity index (χ3n) is 8.21. The Balaban J connectivity index is 1.31. The molecule has 14 heteroatoms. The maximum atomic E-state index is 13.7. The molecule has 3 aliphatic rings. The molecule has 1 aromatic heterocycles. The number of carbonyl (C=O) groups is 3. The van der Waals surface area contributed by atoms with Crippen molar-refractivity contribution in [1.29, 1.82) is 0 Å². The summed E-state index contributed by atoms with van der Waals surface area (Å²) >= 11 is 5.95. The standard InChI is InChI=1S/C31H38ClFN8O4/c1-4-45-31(44)26-18(2)23(38-24(26)16-25(42)34-8-5-9-41-12-10-40(3)11-13-41)15-20-27-28(35-17-36-29(27)39-30(20)43)37-19-6-7-22(33)21(32)14-19/h6-7,14-15,17,24,26,38H,4-5,8-13,16H2,1-3H3,(H,34,42)(H2,35,36,37,39,43)/b20-15-. The van der Waals surface area contributed by atoms with E-state index in [4.69, 9.17) is 16.3 Å². The van der Waals surface area contributed by atoms with Gasteiger partial charge in [0.1, 0.15) is 29.7 Å². The quantitative estimate of drug-likeness (QED) is 0.165. The summed E-state index contributed by atoms with van der Waals surface area (Å²) < 4.78 is 19.1. The molecule has 0 saturated carbocycles. The number of carbonyl (C=O) groups excluding carboxylic acids is 3. The van der Waals surface area contributed by atoms with Crippen molar-refractivity contribution in [2.24, 2.45) is 5.92 Å². The molecule has 2 amide bonds. The second kappa shape index (κ2) is 14.4. The zero-order valence-corrected chi connectivity index (χ0v) is 26.3. The number of nitrogens with one attached hydrogen (secondary N) is 4. The smallest absolute Gasteiger partial charge is 0.315 e. The van der Waals surface area contributed by atoms with E-state index in [2.05, 4.69) is 48.1 Å². The number of anilines is 3. The first-order valence-corrected chi connectivity index (χ1v) is 15.4. The Labute approximate surface area is 266 Å². The van der Waals surface area contributed by atoms with Crippen LogP contribution in [-0.2, 0) is 19.1 Å². The van der Waals surface area contributed by atoms with Crippen molar-refractivity contribution < 1.29 is 23.5 Å². The Kier molecular flexibility index (Phi) is 10.3. The largest absolute Gasteiger partial charge is 0.465 e. The van der Waals surface area contributed by atoms with Crippen LogP contribution in [0.25, 0.3) is 5.57 Å². The zero-order valence-electron chi connectivity index (χ0n) is 25.6. The molecule has 4 heterocycles. The van der Waals surface area contributed by atoms with Crippen molar-refractivity contribution in [1.82, 2.24) is 30.4 Å². The molecule has 0 spiro atoms. The molecule has 2 unspecified atom stereocenters. The summed E-state index contributed by atoms with van der Waals surface area (Å²) in [6, 6.07) is 3.57. The van der Waals surface area contributed by atoms with Crippen molar-refractivity contribution in [3.05, 3.63) is 58.3 Å². The van der Waals surface area contributed by atoms with Gasteiger partial charge in [-0.3, -0.25) is 14.4 Å². The van der Waals surface area contributed by atoms with Crippen LogP contribution < -0.4 is 21.3 Å². The van der Waals surface area contributed by atoms with Crippen LogP contribution in [0.2, 0.25) is 5.02 Å². The van der Waals surface area contributed by atoms with Gasteiger partial charge in [0.2, 0.25) is 5.91 Å². The van der Waals surface area contributed by atoms with Crippen LogP contribution in [0.15, 0.2) is 41.9 Å². The van der Waals surface area contributed by atoms with Gasteiger partial charge in [0.15, 0.2) is 0 Å². The summed E-state index contributed by atoms with van der Waals surface area (Å²) in [5, 5.41) is 12.0. The minimum atomic E-state index is -0.720. The number of allylic oxidation sites excluding steroid dienone is 1. The van der Waals surface area contributed by atoms with E-state index < -0.39 is 29.7 Å². The lowest BCUT2D eigenvalue weighted by Crippen LogP contribution is -2.45. The Morgan fingerprint density at radius 3 is 2.73 bits per heavy atom. The maximum absolute atomic E-state index is 13.7. The topological polar surface area (TPSA) is 141 Å². The molecule has 1 saturated heterocycles. The molecule has 3 aliphatic heterocycles. The molecule has 0 bridgehead atoms. The number of nitrogens with zero attached hydrogens (tertiary/aromatic N) is 4. The zero-order chi connectivity index (χ0) is 32.1. The molecule has 2 aromatic rings. The Morgan fingerprint density at radius 2 is 2.00 bits per heavy atom. The number of aromatic nitrogens is 2. The molecular formula is C31H38ClFN8O4. The van der Waals surface area contributed by atoms with E-state index in [9.17, 15) is 18.8 Å². The molecule has 1 fully saturated rings. The van der Waals surface area contributed by atoms with Gasteiger partial charge in [-0.15, -0.1) is 0 Å². The summed E-state index contributed by atoms with van der Waals surface area (Å²) in [6.45, 7) is 9.29. The highest BCUT2D eigenvalue weighted by Gasteiger charge is 2.40. The SMILES string of the molecule is CCOC(=O)C1C(C)=C(/C=C2\C(=O)Nc3ncnc(Nc4ccc(F)c(Cl)c4)c32)NC1CC(=O)NCCCN1CCN(C)CC1. The first kappa shape index (κ1) is 32.3.